The van der Waals surface area contributed by atoms with Crippen LogP contribution in [0.1, 0.15) is 70.2 Å². The van der Waals surface area contributed by atoms with Crippen molar-refractivity contribution < 1.29 is 18.7 Å². The zero-order chi connectivity index (χ0) is 25.8. The molecule has 0 bridgehead atoms. The average molecular weight is 494 g/mol. The van der Waals surface area contributed by atoms with E-state index in [0.29, 0.717) is 18.6 Å². The van der Waals surface area contributed by atoms with Crippen LogP contribution in [0.2, 0.25) is 0 Å². The lowest BCUT2D eigenvalue weighted by Crippen LogP contribution is -2.52. The fourth-order valence-electron chi connectivity index (χ4n) is 5.52. The van der Waals surface area contributed by atoms with Crippen molar-refractivity contribution >= 4 is 17.8 Å². The van der Waals surface area contributed by atoms with Crippen molar-refractivity contribution in [3.05, 3.63) is 59.7 Å². The molecule has 1 aromatic heterocycles. The zero-order valence-corrected chi connectivity index (χ0v) is 21.0. The Labute approximate surface area is 210 Å². The molecule has 3 aliphatic rings. The molecule has 0 saturated heterocycles. The van der Waals surface area contributed by atoms with Crippen LogP contribution in [0.25, 0.3) is 0 Å². The van der Waals surface area contributed by atoms with Crippen LogP contribution in [-0.2, 0) is 9.59 Å². The van der Waals surface area contributed by atoms with Crippen LogP contribution in [0.5, 0.6) is 5.75 Å². The van der Waals surface area contributed by atoms with E-state index in [2.05, 4.69) is 15.3 Å². The van der Waals surface area contributed by atoms with Gasteiger partial charge in [-0.3, -0.25) is 19.5 Å². The summed E-state index contributed by atoms with van der Waals surface area (Å²) in [4.78, 5) is 37.0. The number of nitrogens with two attached hydrogens (primary N) is 1. The van der Waals surface area contributed by atoms with E-state index in [0.717, 1.165) is 11.1 Å². The molecule has 1 saturated carbocycles. The normalized spacial score (nSPS) is 26.8. The molecule has 2 aromatic rings. The first-order chi connectivity index (χ1) is 16.9. The molecular weight excluding hydrogens is 461 g/mol. The van der Waals surface area contributed by atoms with Gasteiger partial charge in [0.1, 0.15) is 17.2 Å². The fourth-order valence-corrected chi connectivity index (χ4v) is 5.52. The number of benzene rings is 1. The van der Waals surface area contributed by atoms with Crippen LogP contribution in [0.3, 0.4) is 0 Å². The molecule has 0 spiro atoms. The lowest BCUT2D eigenvalue weighted by molar-refractivity contribution is -0.132. The van der Waals surface area contributed by atoms with E-state index in [1.165, 1.54) is 17.0 Å². The Kier molecular flexibility index (Phi) is 5.76. The van der Waals surface area contributed by atoms with Crippen molar-refractivity contribution in [2.45, 2.75) is 70.2 Å². The van der Waals surface area contributed by atoms with Crippen molar-refractivity contribution in [1.82, 2.24) is 15.2 Å². The number of nitrogens with zero attached hydrogens (tertiary/aromatic N) is 3. The van der Waals surface area contributed by atoms with Gasteiger partial charge >= 0.3 is 0 Å². The minimum absolute atomic E-state index is 0.104. The molecule has 3 heterocycles. The van der Waals surface area contributed by atoms with Crippen molar-refractivity contribution in [1.29, 1.82) is 0 Å². The zero-order valence-electron chi connectivity index (χ0n) is 21.0. The molecule has 5 rings (SSSR count). The molecule has 2 aliphatic heterocycles. The number of rotatable bonds is 5. The van der Waals surface area contributed by atoms with Gasteiger partial charge in [-0.2, -0.15) is 0 Å². The molecule has 1 aliphatic carbocycles. The Morgan fingerprint density at radius 2 is 2.06 bits per heavy atom. The molecule has 4 atom stereocenters. The summed E-state index contributed by atoms with van der Waals surface area (Å²) in [5.41, 5.74) is 6.75. The van der Waals surface area contributed by atoms with Gasteiger partial charge in [-0.05, 0) is 57.7 Å². The molecule has 9 heteroatoms. The SMILES string of the molecule is CC1(C)CC(=O)N([C@H](c2cccnc2)[C@H]2C[C@@H]2C(=O)NC2CC(C)(C)Oc3cc(F)ccc32)C(N)=N1. The van der Waals surface area contributed by atoms with Crippen molar-refractivity contribution in [3.8, 4) is 5.75 Å². The van der Waals surface area contributed by atoms with E-state index < -0.39 is 17.2 Å². The van der Waals surface area contributed by atoms with Crippen molar-refractivity contribution in [2.24, 2.45) is 22.6 Å². The van der Waals surface area contributed by atoms with Crippen LogP contribution in [0, 0.1) is 17.7 Å². The Hall–Kier alpha value is -3.49. The molecule has 8 nitrogen and oxygen atoms in total. The highest BCUT2D eigenvalue weighted by Gasteiger charge is 2.53. The number of carbonyl (C=O) groups is 2. The summed E-state index contributed by atoms with van der Waals surface area (Å²) >= 11 is 0. The van der Waals surface area contributed by atoms with Gasteiger partial charge in [-0.15, -0.1) is 0 Å². The van der Waals surface area contributed by atoms with Gasteiger partial charge in [0.15, 0.2) is 5.96 Å². The highest BCUT2D eigenvalue weighted by atomic mass is 19.1. The fraction of sp³-hybridized carbons (Fsp3) is 0.481. The first-order valence-electron chi connectivity index (χ1n) is 12.3. The van der Waals surface area contributed by atoms with Crippen LogP contribution >= 0.6 is 0 Å². The standard InChI is InChI=1S/C27H32FN5O3/c1-26(2)13-22(34)33(25(29)32-26)23(15-6-5-9-30-14-15)18-11-19(18)24(35)31-20-12-27(3,4)36-21-10-16(28)7-8-17(20)21/h5-10,14,18-20,23H,11-13H2,1-4H3,(H2,29,32)(H,31,35)/t18-,19-,20?,23+/m0/s1. The topological polar surface area (TPSA) is 110 Å². The second-order valence-electron chi connectivity index (χ2n) is 11.3. The third-order valence-electron chi connectivity index (χ3n) is 7.15. The van der Waals surface area contributed by atoms with Crippen LogP contribution < -0.4 is 15.8 Å². The summed E-state index contributed by atoms with van der Waals surface area (Å²) in [6, 6.07) is 7.37. The highest BCUT2D eigenvalue weighted by molar-refractivity contribution is 5.99. The van der Waals surface area contributed by atoms with Crippen LogP contribution in [-0.4, -0.2) is 38.8 Å². The predicted molar refractivity (Wildman–Crippen MR) is 132 cm³/mol. The van der Waals surface area contributed by atoms with E-state index in [-0.39, 0.29) is 47.9 Å². The maximum absolute atomic E-state index is 13.8. The first-order valence-corrected chi connectivity index (χ1v) is 12.3. The molecule has 2 amide bonds. The minimum Gasteiger partial charge on any atom is -0.487 e. The molecular formula is C27H32FN5O3. The van der Waals surface area contributed by atoms with E-state index >= 15 is 0 Å². The number of aromatic nitrogens is 1. The van der Waals surface area contributed by atoms with E-state index in [1.54, 1.807) is 18.5 Å². The number of guanidine groups is 1. The smallest absolute Gasteiger partial charge is 0.232 e. The van der Waals surface area contributed by atoms with E-state index in [1.807, 2.05) is 39.8 Å². The highest BCUT2D eigenvalue weighted by Crippen LogP contribution is 2.51. The summed E-state index contributed by atoms with van der Waals surface area (Å²) in [5, 5.41) is 3.16. The predicted octanol–water partition coefficient (Wildman–Crippen LogP) is 3.64. The summed E-state index contributed by atoms with van der Waals surface area (Å²) in [7, 11) is 0. The minimum atomic E-state index is -0.569. The molecule has 190 valence electrons. The van der Waals surface area contributed by atoms with Crippen molar-refractivity contribution in [3.63, 3.8) is 0 Å². The lowest BCUT2D eigenvalue weighted by Gasteiger charge is -2.38. The maximum atomic E-state index is 13.8. The summed E-state index contributed by atoms with van der Waals surface area (Å²) in [5.74, 6) is -0.427. The Morgan fingerprint density at radius 1 is 1.28 bits per heavy atom. The van der Waals surface area contributed by atoms with Gasteiger partial charge in [-0.1, -0.05) is 12.1 Å². The number of hydrogen-bond donors (Lipinski definition) is 2. The summed E-state index contributed by atoms with van der Waals surface area (Å²) in [6.45, 7) is 7.59. The number of halogens is 1. The molecule has 3 N–H and O–H groups in total. The number of aliphatic imine (C=N–C) groups is 1. The Bertz CT molecular complexity index is 1230. The largest absolute Gasteiger partial charge is 0.487 e. The number of amides is 2. The Balaban J connectivity index is 1.39. The average Bonchev–Trinajstić information content (AvgIpc) is 3.55. The van der Waals surface area contributed by atoms with Gasteiger partial charge in [-0.25, -0.2) is 9.38 Å². The van der Waals surface area contributed by atoms with Gasteiger partial charge in [0, 0.05) is 36.4 Å². The molecule has 1 unspecified atom stereocenters. The van der Waals surface area contributed by atoms with E-state index in [4.69, 9.17) is 10.5 Å². The molecule has 36 heavy (non-hydrogen) atoms. The summed E-state index contributed by atoms with van der Waals surface area (Å²) in [6.07, 6.45) is 4.78. The molecule has 1 fully saturated rings. The third kappa shape index (κ3) is 4.66. The monoisotopic (exact) mass is 493 g/mol. The number of carbonyl (C=O) groups excluding carboxylic acids is 2. The number of pyridine rings is 1. The number of nitrogens with one attached hydrogen (secondary N) is 1. The summed E-state index contributed by atoms with van der Waals surface area (Å²) < 4.78 is 19.8. The van der Waals surface area contributed by atoms with Crippen LogP contribution in [0.4, 0.5) is 4.39 Å². The van der Waals surface area contributed by atoms with E-state index in [9.17, 15) is 14.0 Å². The number of ether oxygens (including phenoxy) is 1. The second-order valence-corrected chi connectivity index (χ2v) is 11.3. The first kappa shape index (κ1) is 24.2. The molecule has 1 aromatic carbocycles. The third-order valence-corrected chi connectivity index (χ3v) is 7.15. The van der Waals surface area contributed by atoms with Crippen molar-refractivity contribution in [2.75, 3.05) is 0 Å². The molecule has 0 radical (unpaired) electrons. The lowest BCUT2D eigenvalue weighted by atomic mass is 9.89. The van der Waals surface area contributed by atoms with Gasteiger partial charge in [0.25, 0.3) is 0 Å². The quantitative estimate of drug-likeness (QED) is 0.661. The number of fused-ring (bicyclic) bond motifs is 1. The van der Waals surface area contributed by atoms with Gasteiger partial charge < -0.3 is 15.8 Å². The van der Waals surface area contributed by atoms with Gasteiger partial charge in [0.05, 0.1) is 24.0 Å². The second kappa shape index (κ2) is 8.57. The van der Waals surface area contributed by atoms with Gasteiger partial charge in [0.2, 0.25) is 11.8 Å². The Morgan fingerprint density at radius 3 is 2.75 bits per heavy atom. The van der Waals surface area contributed by atoms with Crippen LogP contribution in [0.15, 0.2) is 47.7 Å². The number of hydrogen-bond acceptors (Lipinski definition) is 6. The maximum Gasteiger partial charge on any atom is 0.232 e.